The van der Waals surface area contributed by atoms with Gasteiger partial charge in [0.05, 0.1) is 17.6 Å². The highest BCUT2D eigenvalue weighted by molar-refractivity contribution is 5.79. The highest BCUT2D eigenvalue weighted by atomic mass is 16.5. The van der Waals surface area contributed by atoms with Gasteiger partial charge in [-0.3, -0.25) is 0 Å². The van der Waals surface area contributed by atoms with Crippen molar-refractivity contribution in [2.75, 3.05) is 25.6 Å². The van der Waals surface area contributed by atoms with Crippen molar-refractivity contribution in [2.45, 2.75) is 6.42 Å². The molecule has 1 aliphatic heterocycles. The van der Waals surface area contributed by atoms with Gasteiger partial charge in [0, 0.05) is 26.2 Å². The van der Waals surface area contributed by atoms with Gasteiger partial charge < -0.3 is 9.64 Å². The topological polar surface area (TPSA) is 38.2 Å². The summed E-state index contributed by atoms with van der Waals surface area (Å²) in [5.41, 5.74) is 3.95. The van der Waals surface area contributed by atoms with Crippen LogP contribution in [-0.4, -0.2) is 30.7 Å². The summed E-state index contributed by atoms with van der Waals surface area (Å²) in [5.74, 6) is 0.699. The van der Waals surface area contributed by atoms with Crippen LogP contribution in [0.2, 0.25) is 0 Å². The largest absolute Gasteiger partial charge is 0.476 e. The number of rotatable bonds is 1. The van der Waals surface area contributed by atoms with E-state index in [-0.39, 0.29) is 0 Å². The van der Waals surface area contributed by atoms with Crippen LogP contribution in [0, 0.1) is 0 Å². The molecule has 1 aromatic heterocycles. The SMILES string of the molecule is CN(C)c1ccc2nc3c(nc2c1)CCO3. The molecule has 2 aromatic rings. The fourth-order valence-electron chi connectivity index (χ4n) is 1.86. The Morgan fingerprint density at radius 3 is 2.88 bits per heavy atom. The van der Waals surface area contributed by atoms with Gasteiger partial charge >= 0.3 is 0 Å². The average molecular weight is 215 g/mol. The second kappa shape index (κ2) is 3.33. The van der Waals surface area contributed by atoms with Gasteiger partial charge in [0.1, 0.15) is 5.69 Å². The molecule has 0 saturated carbocycles. The van der Waals surface area contributed by atoms with E-state index in [0.29, 0.717) is 12.5 Å². The van der Waals surface area contributed by atoms with Crippen molar-refractivity contribution in [3.8, 4) is 5.88 Å². The lowest BCUT2D eigenvalue weighted by molar-refractivity contribution is 0.346. The zero-order valence-corrected chi connectivity index (χ0v) is 9.40. The third kappa shape index (κ3) is 1.38. The Kier molecular flexibility index (Phi) is 1.96. The molecule has 4 nitrogen and oxygen atoms in total. The van der Waals surface area contributed by atoms with Crippen LogP contribution in [0.4, 0.5) is 5.69 Å². The molecule has 82 valence electrons. The number of hydrogen-bond donors (Lipinski definition) is 0. The molecule has 0 bridgehead atoms. The van der Waals surface area contributed by atoms with E-state index < -0.39 is 0 Å². The van der Waals surface area contributed by atoms with Crippen LogP contribution in [0.3, 0.4) is 0 Å². The summed E-state index contributed by atoms with van der Waals surface area (Å²) in [6.07, 6.45) is 0.866. The van der Waals surface area contributed by atoms with Crippen LogP contribution < -0.4 is 9.64 Å². The third-order valence-electron chi connectivity index (χ3n) is 2.78. The summed E-state index contributed by atoms with van der Waals surface area (Å²) in [6, 6.07) is 6.08. The van der Waals surface area contributed by atoms with Crippen molar-refractivity contribution in [1.82, 2.24) is 9.97 Å². The molecule has 4 heteroatoms. The van der Waals surface area contributed by atoms with Gasteiger partial charge in [-0.2, -0.15) is 0 Å². The first-order valence-electron chi connectivity index (χ1n) is 5.35. The minimum atomic E-state index is 0.699. The van der Waals surface area contributed by atoms with E-state index >= 15 is 0 Å². The Labute approximate surface area is 93.9 Å². The van der Waals surface area contributed by atoms with Crippen LogP contribution in [0.1, 0.15) is 5.69 Å². The van der Waals surface area contributed by atoms with E-state index in [0.717, 1.165) is 28.8 Å². The zero-order chi connectivity index (χ0) is 11.1. The predicted octanol–water partition coefficient (Wildman–Crippen LogP) is 1.63. The van der Waals surface area contributed by atoms with Gasteiger partial charge in [0.2, 0.25) is 5.88 Å². The number of nitrogens with zero attached hydrogens (tertiary/aromatic N) is 3. The minimum absolute atomic E-state index is 0.699. The fourth-order valence-corrected chi connectivity index (χ4v) is 1.86. The van der Waals surface area contributed by atoms with E-state index in [9.17, 15) is 0 Å². The minimum Gasteiger partial charge on any atom is -0.476 e. The van der Waals surface area contributed by atoms with Crippen molar-refractivity contribution in [3.05, 3.63) is 23.9 Å². The molecule has 3 rings (SSSR count). The molecule has 0 N–H and O–H groups in total. The summed E-state index contributed by atoms with van der Waals surface area (Å²) in [5, 5.41) is 0. The number of hydrogen-bond acceptors (Lipinski definition) is 4. The van der Waals surface area contributed by atoms with Gasteiger partial charge in [-0.25, -0.2) is 9.97 Å². The second-order valence-electron chi connectivity index (χ2n) is 4.14. The summed E-state index contributed by atoms with van der Waals surface area (Å²) in [6.45, 7) is 0.701. The Balaban J connectivity index is 2.20. The monoisotopic (exact) mass is 215 g/mol. The highest BCUT2D eigenvalue weighted by Gasteiger charge is 2.16. The molecular weight excluding hydrogens is 202 g/mol. The van der Waals surface area contributed by atoms with Gasteiger partial charge in [0.15, 0.2) is 0 Å². The van der Waals surface area contributed by atoms with E-state index in [1.54, 1.807) is 0 Å². The molecule has 0 fully saturated rings. The molecule has 16 heavy (non-hydrogen) atoms. The van der Waals surface area contributed by atoms with Gasteiger partial charge in [-0.05, 0) is 18.2 Å². The number of benzene rings is 1. The lowest BCUT2D eigenvalue weighted by Crippen LogP contribution is -2.08. The maximum Gasteiger partial charge on any atom is 0.236 e. The van der Waals surface area contributed by atoms with Crippen molar-refractivity contribution >= 4 is 16.7 Å². The zero-order valence-electron chi connectivity index (χ0n) is 9.40. The van der Waals surface area contributed by atoms with Crippen LogP contribution in [0.5, 0.6) is 5.88 Å². The molecular formula is C12H13N3O. The first kappa shape index (κ1) is 9.39. The molecule has 0 aliphatic carbocycles. The summed E-state index contributed by atoms with van der Waals surface area (Å²) < 4.78 is 5.40. The lowest BCUT2D eigenvalue weighted by Gasteiger charge is -2.12. The third-order valence-corrected chi connectivity index (χ3v) is 2.78. The van der Waals surface area contributed by atoms with E-state index in [1.807, 2.05) is 26.2 Å². The molecule has 0 amide bonds. The van der Waals surface area contributed by atoms with E-state index in [4.69, 9.17) is 4.74 Å². The quantitative estimate of drug-likeness (QED) is 0.724. The van der Waals surface area contributed by atoms with Gasteiger partial charge in [-0.1, -0.05) is 0 Å². The standard InChI is InChI=1S/C12H13N3O/c1-15(2)8-3-4-9-11(7-8)13-10-5-6-16-12(10)14-9/h3-4,7H,5-6H2,1-2H3. The van der Waals surface area contributed by atoms with Crippen LogP contribution in [0.15, 0.2) is 18.2 Å². The van der Waals surface area contributed by atoms with E-state index in [2.05, 4.69) is 20.9 Å². The molecule has 2 heterocycles. The predicted molar refractivity (Wildman–Crippen MR) is 63.1 cm³/mol. The first-order valence-corrected chi connectivity index (χ1v) is 5.35. The molecule has 1 aromatic carbocycles. The summed E-state index contributed by atoms with van der Waals surface area (Å²) >= 11 is 0. The number of aromatic nitrogens is 2. The number of anilines is 1. The molecule has 1 aliphatic rings. The molecule has 0 unspecified atom stereocenters. The maximum atomic E-state index is 5.40. The van der Waals surface area contributed by atoms with Crippen molar-refractivity contribution in [1.29, 1.82) is 0 Å². The molecule has 0 spiro atoms. The van der Waals surface area contributed by atoms with E-state index in [1.165, 1.54) is 0 Å². The van der Waals surface area contributed by atoms with Crippen LogP contribution >= 0.6 is 0 Å². The number of ether oxygens (including phenoxy) is 1. The fraction of sp³-hybridized carbons (Fsp3) is 0.333. The number of fused-ring (bicyclic) bond motifs is 2. The van der Waals surface area contributed by atoms with Crippen molar-refractivity contribution in [2.24, 2.45) is 0 Å². The first-order chi connectivity index (χ1) is 7.74. The Morgan fingerprint density at radius 1 is 1.19 bits per heavy atom. The molecule has 0 saturated heterocycles. The summed E-state index contributed by atoms with van der Waals surface area (Å²) in [4.78, 5) is 11.1. The Morgan fingerprint density at radius 2 is 2.06 bits per heavy atom. The van der Waals surface area contributed by atoms with Crippen molar-refractivity contribution in [3.63, 3.8) is 0 Å². The molecule has 0 atom stereocenters. The average Bonchev–Trinajstić information content (AvgIpc) is 2.71. The Hall–Kier alpha value is -1.84. The summed E-state index contributed by atoms with van der Waals surface area (Å²) in [7, 11) is 4.04. The second-order valence-corrected chi connectivity index (χ2v) is 4.14. The van der Waals surface area contributed by atoms with Crippen LogP contribution in [-0.2, 0) is 6.42 Å². The van der Waals surface area contributed by atoms with Crippen LogP contribution in [0.25, 0.3) is 11.0 Å². The smallest absolute Gasteiger partial charge is 0.236 e. The lowest BCUT2D eigenvalue weighted by atomic mass is 10.2. The van der Waals surface area contributed by atoms with Gasteiger partial charge in [0.25, 0.3) is 0 Å². The van der Waals surface area contributed by atoms with Crippen molar-refractivity contribution < 1.29 is 4.74 Å². The normalized spacial score (nSPS) is 13.6. The highest BCUT2D eigenvalue weighted by Crippen LogP contribution is 2.25. The van der Waals surface area contributed by atoms with Gasteiger partial charge in [-0.15, -0.1) is 0 Å². The molecule has 0 radical (unpaired) electrons. The Bertz CT molecular complexity index is 551. The maximum absolute atomic E-state index is 5.40.